The normalized spacial score (nSPS) is 13.9. The average Bonchev–Trinajstić information content (AvgIpc) is 2.48. The Kier molecular flexibility index (Phi) is 3.38. The molecule has 0 saturated heterocycles. The summed E-state index contributed by atoms with van der Waals surface area (Å²) in [5.74, 6) is -1.40. The Morgan fingerprint density at radius 3 is 2.53 bits per heavy atom. The molecule has 0 aliphatic heterocycles. The van der Waals surface area contributed by atoms with Crippen LogP contribution < -0.4 is 0 Å². The number of aliphatic carboxylic acids is 1. The van der Waals surface area contributed by atoms with E-state index >= 15 is 0 Å². The molecular formula is C9H9F3O2S. The van der Waals surface area contributed by atoms with E-state index in [4.69, 9.17) is 5.11 Å². The molecule has 0 radical (unpaired) electrons. The van der Waals surface area contributed by atoms with Crippen LogP contribution in [0.15, 0.2) is 12.1 Å². The van der Waals surface area contributed by atoms with Crippen LogP contribution in [0.5, 0.6) is 0 Å². The molecule has 0 aliphatic rings. The number of rotatable bonds is 3. The van der Waals surface area contributed by atoms with Crippen LogP contribution in [0, 0.1) is 0 Å². The number of carboxylic acids is 1. The minimum absolute atomic E-state index is 0.155. The fourth-order valence-electron chi connectivity index (χ4n) is 1.13. The van der Waals surface area contributed by atoms with Crippen LogP contribution in [-0.2, 0) is 11.0 Å². The maximum Gasteiger partial charge on any atom is 0.425 e. The lowest BCUT2D eigenvalue weighted by Gasteiger charge is -2.05. The van der Waals surface area contributed by atoms with Gasteiger partial charge in [0.05, 0.1) is 6.42 Å². The second-order valence-electron chi connectivity index (χ2n) is 3.20. The van der Waals surface area contributed by atoms with Gasteiger partial charge in [-0.05, 0) is 12.1 Å². The van der Waals surface area contributed by atoms with E-state index in [-0.39, 0.29) is 12.3 Å². The van der Waals surface area contributed by atoms with Crippen molar-refractivity contribution in [2.24, 2.45) is 0 Å². The third-order valence-corrected chi connectivity index (χ3v) is 3.23. The van der Waals surface area contributed by atoms with E-state index in [1.54, 1.807) is 6.92 Å². The van der Waals surface area contributed by atoms with Crippen molar-refractivity contribution in [3.8, 4) is 0 Å². The van der Waals surface area contributed by atoms with E-state index in [0.717, 1.165) is 6.07 Å². The van der Waals surface area contributed by atoms with Gasteiger partial charge in [-0.1, -0.05) is 6.92 Å². The first-order valence-electron chi connectivity index (χ1n) is 4.19. The number of halogens is 3. The Morgan fingerprint density at radius 2 is 2.13 bits per heavy atom. The van der Waals surface area contributed by atoms with Crippen LogP contribution in [0.2, 0.25) is 0 Å². The Balaban J connectivity index is 2.80. The molecule has 1 unspecified atom stereocenters. The molecule has 15 heavy (non-hydrogen) atoms. The molecular weight excluding hydrogens is 229 g/mol. The first kappa shape index (κ1) is 12.0. The van der Waals surface area contributed by atoms with Gasteiger partial charge in [0.2, 0.25) is 0 Å². The van der Waals surface area contributed by atoms with E-state index in [2.05, 4.69) is 0 Å². The largest absolute Gasteiger partial charge is 0.481 e. The molecule has 1 aromatic heterocycles. The molecule has 0 spiro atoms. The van der Waals surface area contributed by atoms with Gasteiger partial charge in [0.1, 0.15) is 4.88 Å². The van der Waals surface area contributed by atoms with E-state index in [0.29, 0.717) is 16.2 Å². The zero-order chi connectivity index (χ0) is 11.6. The van der Waals surface area contributed by atoms with Crippen LogP contribution >= 0.6 is 11.3 Å². The van der Waals surface area contributed by atoms with E-state index < -0.39 is 17.0 Å². The quantitative estimate of drug-likeness (QED) is 0.876. The van der Waals surface area contributed by atoms with Crippen molar-refractivity contribution >= 4 is 17.3 Å². The molecule has 84 valence electrons. The summed E-state index contributed by atoms with van der Waals surface area (Å²) in [5, 5.41) is 8.49. The molecule has 2 nitrogen and oxygen atoms in total. The van der Waals surface area contributed by atoms with Gasteiger partial charge in [0.25, 0.3) is 0 Å². The van der Waals surface area contributed by atoms with Gasteiger partial charge in [-0.2, -0.15) is 13.2 Å². The highest BCUT2D eigenvalue weighted by Crippen LogP contribution is 2.37. The molecule has 1 rings (SSSR count). The Labute approximate surface area is 88.3 Å². The van der Waals surface area contributed by atoms with E-state index in [1.165, 1.54) is 6.07 Å². The number of alkyl halides is 3. The molecule has 0 amide bonds. The second kappa shape index (κ2) is 4.22. The highest BCUT2D eigenvalue weighted by molar-refractivity contribution is 7.12. The maximum absolute atomic E-state index is 12.2. The van der Waals surface area contributed by atoms with E-state index in [1.807, 2.05) is 0 Å². The summed E-state index contributed by atoms with van der Waals surface area (Å²) in [6, 6.07) is 2.32. The number of thiophene rings is 1. The minimum Gasteiger partial charge on any atom is -0.481 e. The van der Waals surface area contributed by atoms with Crippen LogP contribution in [0.4, 0.5) is 13.2 Å². The molecule has 0 aromatic carbocycles. The van der Waals surface area contributed by atoms with Gasteiger partial charge in [0, 0.05) is 10.8 Å². The van der Waals surface area contributed by atoms with Crippen molar-refractivity contribution in [1.82, 2.24) is 0 Å². The molecule has 1 aromatic rings. The zero-order valence-corrected chi connectivity index (χ0v) is 8.65. The first-order valence-corrected chi connectivity index (χ1v) is 5.01. The molecule has 0 bridgehead atoms. The highest BCUT2D eigenvalue weighted by atomic mass is 32.1. The summed E-state index contributed by atoms with van der Waals surface area (Å²) in [7, 11) is 0. The van der Waals surface area contributed by atoms with E-state index in [9.17, 15) is 18.0 Å². The number of hydrogen-bond acceptors (Lipinski definition) is 2. The summed E-state index contributed by atoms with van der Waals surface area (Å²) < 4.78 is 36.7. The molecule has 1 atom stereocenters. The lowest BCUT2D eigenvalue weighted by atomic mass is 10.1. The van der Waals surface area contributed by atoms with Crippen LogP contribution in [-0.4, -0.2) is 11.1 Å². The predicted molar refractivity (Wildman–Crippen MR) is 50.0 cm³/mol. The summed E-state index contributed by atoms with van der Waals surface area (Å²) >= 11 is 0.602. The molecule has 0 saturated carbocycles. The molecule has 0 fully saturated rings. The summed E-state index contributed by atoms with van der Waals surface area (Å²) in [6.45, 7) is 1.60. The number of hydrogen-bond donors (Lipinski definition) is 1. The van der Waals surface area contributed by atoms with Crippen molar-refractivity contribution in [1.29, 1.82) is 0 Å². The average molecular weight is 238 g/mol. The first-order chi connectivity index (χ1) is 6.80. The van der Waals surface area contributed by atoms with Crippen LogP contribution in [0.3, 0.4) is 0 Å². The number of carboxylic acid groups (broad SMARTS) is 1. The Bertz CT molecular complexity index is 356. The van der Waals surface area contributed by atoms with Gasteiger partial charge in [-0.25, -0.2) is 0 Å². The fraction of sp³-hybridized carbons (Fsp3) is 0.444. The summed E-state index contributed by atoms with van der Waals surface area (Å²) in [6.07, 6.45) is -4.50. The predicted octanol–water partition coefficient (Wildman–Crippen LogP) is 3.35. The Morgan fingerprint density at radius 1 is 1.53 bits per heavy atom. The highest BCUT2D eigenvalue weighted by Gasteiger charge is 2.32. The third kappa shape index (κ3) is 3.23. The number of carbonyl (C=O) groups is 1. The fourth-order valence-corrected chi connectivity index (χ4v) is 2.06. The molecule has 1 heterocycles. The van der Waals surface area contributed by atoms with Gasteiger partial charge in [-0.15, -0.1) is 11.3 Å². The van der Waals surface area contributed by atoms with Crippen molar-refractivity contribution in [3.05, 3.63) is 21.9 Å². The van der Waals surface area contributed by atoms with Crippen LogP contribution in [0.25, 0.3) is 0 Å². The van der Waals surface area contributed by atoms with Crippen molar-refractivity contribution < 1.29 is 23.1 Å². The summed E-state index contributed by atoms with van der Waals surface area (Å²) in [4.78, 5) is 10.1. The second-order valence-corrected chi connectivity index (χ2v) is 4.31. The van der Waals surface area contributed by atoms with Crippen LogP contribution in [0.1, 0.15) is 29.0 Å². The van der Waals surface area contributed by atoms with Gasteiger partial charge in [0.15, 0.2) is 0 Å². The summed E-state index contributed by atoms with van der Waals surface area (Å²) in [5.41, 5.74) is 0. The topological polar surface area (TPSA) is 37.3 Å². The monoisotopic (exact) mass is 238 g/mol. The van der Waals surface area contributed by atoms with Crippen molar-refractivity contribution in [2.75, 3.05) is 0 Å². The maximum atomic E-state index is 12.2. The van der Waals surface area contributed by atoms with Gasteiger partial charge < -0.3 is 5.11 Å². The van der Waals surface area contributed by atoms with Gasteiger partial charge in [-0.3, -0.25) is 4.79 Å². The lowest BCUT2D eigenvalue weighted by Crippen LogP contribution is -2.02. The SMILES string of the molecule is CC(CC(=O)O)c1ccc(C(F)(F)F)s1. The third-order valence-electron chi connectivity index (χ3n) is 1.87. The molecule has 1 N–H and O–H groups in total. The standard InChI is InChI=1S/C9H9F3O2S/c1-5(4-8(13)14)6-2-3-7(15-6)9(10,11)12/h2-3,5H,4H2,1H3,(H,13,14). The minimum atomic E-state index is -4.34. The molecule has 6 heteroatoms. The van der Waals surface area contributed by atoms with Crippen molar-refractivity contribution in [2.45, 2.75) is 25.4 Å². The smallest absolute Gasteiger partial charge is 0.425 e. The zero-order valence-electron chi connectivity index (χ0n) is 7.84. The Hall–Kier alpha value is -1.04. The molecule has 0 aliphatic carbocycles. The van der Waals surface area contributed by atoms with Gasteiger partial charge >= 0.3 is 12.1 Å². The van der Waals surface area contributed by atoms with Crippen molar-refractivity contribution in [3.63, 3.8) is 0 Å². The lowest BCUT2D eigenvalue weighted by molar-refractivity contribution is -0.137.